The van der Waals surface area contributed by atoms with Crippen molar-refractivity contribution in [1.29, 1.82) is 0 Å². The number of amides is 1. The van der Waals surface area contributed by atoms with Gasteiger partial charge in [-0.15, -0.1) is 0 Å². The van der Waals surface area contributed by atoms with Crippen molar-refractivity contribution in [1.82, 2.24) is 14.9 Å². The summed E-state index contributed by atoms with van der Waals surface area (Å²) in [5.74, 6) is 1.04. The van der Waals surface area contributed by atoms with Crippen LogP contribution >= 0.6 is 23.2 Å². The first-order chi connectivity index (χ1) is 13.4. The molecule has 1 amide bonds. The standard InChI is InChI=1S/C20H23Cl2FN4O/c1-3-17-16(12-14-5-4-6-15(23)11-14)19(25-13(2)24-17)26-7-9-27(10-8-26)20(28)18(21)22/h4-6,11,18H,3,7-10,12H2,1-2H3. The first-order valence-electron chi connectivity index (χ1n) is 9.31. The Morgan fingerprint density at radius 2 is 1.93 bits per heavy atom. The zero-order valence-electron chi connectivity index (χ0n) is 16.0. The van der Waals surface area contributed by atoms with Crippen molar-refractivity contribution in [3.8, 4) is 0 Å². The molecule has 0 spiro atoms. The number of hydrogen-bond acceptors (Lipinski definition) is 4. The number of hydrogen-bond donors (Lipinski definition) is 0. The minimum Gasteiger partial charge on any atom is -0.353 e. The Morgan fingerprint density at radius 3 is 2.54 bits per heavy atom. The van der Waals surface area contributed by atoms with E-state index in [2.05, 4.69) is 16.8 Å². The Hall–Kier alpha value is -1.92. The number of benzene rings is 1. The van der Waals surface area contributed by atoms with Gasteiger partial charge in [0.15, 0.2) is 4.84 Å². The molecule has 1 aliphatic rings. The predicted octanol–water partition coefficient (Wildman–Crippen LogP) is 3.53. The van der Waals surface area contributed by atoms with Gasteiger partial charge in [-0.1, -0.05) is 42.3 Å². The number of carbonyl (C=O) groups is 1. The molecule has 0 unspecified atom stereocenters. The minimum absolute atomic E-state index is 0.256. The summed E-state index contributed by atoms with van der Waals surface area (Å²) in [7, 11) is 0. The summed E-state index contributed by atoms with van der Waals surface area (Å²) in [5.41, 5.74) is 2.85. The van der Waals surface area contributed by atoms with E-state index in [4.69, 9.17) is 28.2 Å². The lowest BCUT2D eigenvalue weighted by atomic mass is 10.0. The van der Waals surface area contributed by atoms with Crippen LogP contribution < -0.4 is 4.90 Å². The number of carbonyl (C=O) groups excluding carboxylic acids is 1. The summed E-state index contributed by atoms with van der Waals surface area (Å²) in [6.45, 7) is 6.24. The molecule has 0 aliphatic carbocycles. The number of nitrogens with zero attached hydrogens (tertiary/aromatic N) is 4. The van der Waals surface area contributed by atoms with Crippen molar-refractivity contribution < 1.29 is 9.18 Å². The molecule has 1 aromatic heterocycles. The molecule has 0 N–H and O–H groups in total. The van der Waals surface area contributed by atoms with Crippen LogP contribution in [0.3, 0.4) is 0 Å². The Morgan fingerprint density at radius 1 is 1.21 bits per heavy atom. The molecule has 1 saturated heterocycles. The molecule has 3 rings (SSSR count). The lowest BCUT2D eigenvalue weighted by molar-refractivity contribution is -0.129. The summed E-state index contributed by atoms with van der Waals surface area (Å²) < 4.78 is 13.7. The Bertz CT molecular complexity index is 854. The van der Waals surface area contributed by atoms with E-state index >= 15 is 0 Å². The van der Waals surface area contributed by atoms with Crippen LogP contribution in [0.5, 0.6) is 0 Å². The van der Waals surface area contributed by atoms with Gasteiger partial charge >= 0.3 is 0 Å². The van der Waals surface area contributed by atoms with Crippen LogP contribution in [0.2, 0.25) is 0 Å². The van der Waals surface area contributed by atoms with Crippen LogP contribution in [-0.2, 0) is 17.6 Å². The van der Waals surface area contributed by atoms with Gasteiger partial charge in [-0.25, -0.2) is 14.4 Å². The first kappa shape index (κ1) is 20.8. The molecule has 5 nitrogen and oxygen atoms in total. The van der Waals surface area contributed by atoms with Crippen LogP contribution in [0, 0.1) is 12.7 Å². The second-order valence-electron chi connectivity index (χ2n) is 6.79. The average molecular weight is 425 g/mol. The maximum Gasteiger partial charge on any atom is 0.255 e. The van der Waals surface area contributed by atoms with Crippen LogP contribution in [0.1, 0.15) is 29.6 Å². The molecule has 0 bridgehead atoms. The van der Waals surface area contributed by atoms with E-state index in [9.17, 15) is 9.18 Å². The van der Waals surface area contributed by atoms with Crippen molar-refractivity contribution in [2.24, 2.45) is 0 Å². The Balaban J connectivity index is 1.88. The molecule has 8 heteroatoms. The summed E-state index contributed by atoms with van der Waals surface area (Å²) in [4.78, 5) is 24.1. The molecule has 150 valence electrons. The third-order valence-electron chi connectivity index (χ3n) is 4.87. The topological polar surface area (TPSA) is 49.3 Å². The molecule has 2 heterocycles. The second-order valence-corrected chi connectivity index (χ2v) is 7.89. The van der Waals surface area contributed by atoms with Crippen LogP contribution in [0.25, 0.3) is 0 Å². The normalized spacial score (nSPS) is 14.6. The largest absolute Gasteiger partial charge is 0.353 e. The fourth-order valence-corrected chi connectivity index (χ4v) is 3.78. The molecule has 1 fully saturated rings. The van der Waals surface area contributed by atoms with Crippen LogP contribution in [0.4, 0.5) is 10.2 Å². The SMILES string of the molecule is CCc1nc(C)nc(N2CCN(C(=O)C(Cl)Cl)CC2)c1Cc1cccc(F)c1. The summed E-state index contributed by atoms with van der Waals surface area (Å²) >= 11 is 11.4. The van der Waals surface area contributed by atoms with Gasteiger partial charge in [0.25, 0.3) is 5.91 Å². The Labute approximate surface area is 174 Å². The lowest BCUT2D eigenvalue weighted by Gasteiger charge is -2.36. The number of rotatable bonds is 5. The molecule has 1 aliphatic heterocycles. The number of aromatic nitrogens is 2. The molecule has 0 saturated carbocycles. The highest BCUT2D eigenvalue weighted by molar-refractivity contribution is 6.53. The second kappa shape index (κ2) is 9.05. The van der Waals surface area contributed by atoms with Gasteiger partial charge in [-0.05, 0) is 31.0 Å². The maximum atomic E-state index is 13.7. The van der Waals surface area contributed by atoms with E-state index in [0.29, 0.717) is 38.4 Å². The molecule has 0 radical (unpaired) electrons. The van der Waals surface area contributed by atoms with E-state index in [-0.39, 0.29) is 11.7 Å². The van der Waals surface area contributed by atoms with Gasteiger partial charge in [0.1, 0.15) is 17.5 Å². The van der Waals surface area contributed by atoms with Gasteiger partial charge in [0.05, 0.1) is 0 Å². The lowest BCUT2D eigenvalue weighted by Crippen LogP contribution is -2.50. The molecular weight excluding hydrogens is 402 g/mol. The zero-order valence-corrected chi connectivity index (χ0v) is 17.5. The number of alkyl halides is 2. The van der Waals surface area contributed by atoms with E-state index in [1.807, 2.05) is 13.0 Å². The Kier molecular flexibility index (Phi) is 6.73. The third kappa shape index (κ3) is 4.73. The molecular formula is C20H23Cl2FN4O. The maximum absolute atomic E-state index is 13.7. The fourth-order valence-electron chi connectivity index (χ4n) is 3.50. The number of halogens is 3. The quantitative estimate of drug-likeness (QED) is 0.688. The van der Waals surface area contributed by atoms with Gasteiger partial charge in [0.2, 0.25) is 0 Å². The van der Waals surface area contributed by atoms with Crippen LogP contribution in [0.15, 0.2) is 24.3 Å². The average Bonchev–Trinajstić information content (AvgIpc) is 2.68. The molecule has 2 aromatic rings. The van der Waals surface area contributed by atoms with E-state index in [1.165, 1.54) is 6.07 Å². The number of aryl methyl sites for hydroxylation is 2. The minimum atomic E-state index is -1.04. The van der Waals surface area contributed by atoms with Crippen molar-refractivity contribution in [2.45, 2.75) is 31.5 Å². The van der Waals surface area contributed by atoms with Crippen LogP contribution in [-0.4, -0.2) is 51.8 Å². The summed E-state index contributed by atoms with van der Waals surface area (Å²) in [6.07, 6.45) is 1.32. The van der Waals surface area contributed by atoms with Gasteiger partial charge in [-0.2, -0.15) is 0 Å². The first-order valence-corrected chi connectivity index (χ1v) is 10.2. The van der Waals surface area contributed by atoms with Gasteiger partial charge in [0, 0.05) is 43.9 Å². The highest BCUT2D eigenvalue weighted by atomic mass is 35.5. The van der Waals surface area contributed by atoms with Crippen molar-refractivity contribution in [2.75, 3.05) is 31.1 Å². The zero-order chi connectivity index (χ0) is 20.3. The predicted molar refractivity (Wildman–Crippen MR) is 110 cm³/mol. The van der Waals surface area contributed by atoms with Crippen molar-refractivity contribution in [3.63, 3.8) is 0 Å². The smallest absolute Gasteiger partial charge is 0.255 e. The van der Waals surface area contributed by atoms with Gasteiger partial charge < -0.3 is 9.80 Å². The highest BCUT2D eigenvalue weighted by Gasteiger charge is 2.27. The number of anilines is 1. The summed E-state index contributed by atoms with van der Waals surface area (Å²) in [5, 5.41) is 0. The molecule has 0 atom stereocenters. The molecule has 1 aromatic carbocycles. The monoisotopic (exact) mass is 424 g/mol. The van der Waals surface area contributed by atoms with Crippen molar-refractivity contribution >= 4 is 34.9 Å². The highest BCUT2D eigenvalue weighted by Crippen LogP contribution is 2.26. The third-order valence-corrected chi connectivity index (χ3v) is 5.24. The van der Waals surface area contributed by atoms with Gasteiger partial charge in [-0.3, -0.25) is 4.79 Å². The molecule has 28 heavy (non-hydrogen) atoms. The van der Waals surface area contributed by atoms with Crippen molar-refractivity contribution in [3.05, 3.63) is 52.7 Å². The summed E-state index contributed by atoms with van der Waals surface area (Å²) in [6, 6.07) is 6.60. The van der Waals surface area contributed by atoms with E-state index < -0.39 is 4.84 Å². The van der Waals surface area contributed by atoms with E-state index in [1.54, 1.807) is 17.0 Å². The fraction of sp³-hybridized carbons (Fsp3) is 0.450. The number of piperazine rings is 1. The van der Waals surface area contributed by atoms with E-state index in [0.717, 1.165) is 29.1 Å².